The summed E-state index contributed by atoms with van der Waals surface area (Å²) in [4.78, 5) is 13.5. The number of rotatable bonds is 1. The SMILES string of the molecule is O=C(C1CCOC1)N1CC[C@@H](O)C1. The molecule has 2 heterocycles. The molecule has 0 radical (unpaired) electrons. The molecule has 74 valence electrons. The predicted octanol–water partition coefficient (Wildman–Crippen LogP) is -0.384. The van der Waals surface area contributed by atoms with E-state index >= 15 is 0 Å². The Morgan fingerprint density at radius 3 is 2.85 bits per heavy atom. The number of amides is 1. The van der Waals surface area contributed by atoms with Crippen molar-refractivity contribution in [2.45, 2.75) is 18.9 Å². The number of hydrogen-bond acceptors (Lipinski definition) is 3. The summed E-state index contributed by atoms with van der Waals surface area (Å²) in [5, 5.41) is 9.27. The highest BCUT2D eigenvalue weighted by atomic mass is 16.5. The Labute approximate surface area is 77.5 Å². The summed E-state index contributed by atoms with van der Waals surface area (Å²) in [5.41, 5.74) is 0. The first-order valence-electron chi connectivity index (χ1n) is 4.82. The van der Waals surface area contributed by atoms with Crippen LogP contribution in [0, 0.1) is 5.92 Å². The molecule has 0 aromatic carbocycles. The molecular weight excluding hydrogens is 170 g/mol. The number of hydrogen-bond donors (Lipinski definition) is 1. The van der Waals surface area contributed by atoms with Gasteiger partial charge in [-0.2, -0.15) is 0 Å². The van der Waals surface area contributed by atoms with E-state index in [9.17, 15) is 9.90 Å². The van der Waals surface area contributed by atoms with Crippen molar-refractivity contribution < 1.29 is 14.6 Å². The van der Waals surface area contributed by atoms with Crippen molar-refractivity contribution in [3.05, 3.63) is 0 Å². The highest BCUT2D eigenvalue weighted by Crippen LogP contribution is 2.18. The fraction of sp³-hybridized carbons (Fsp3) is 0.889. The third-order valence-electron chi connectivity index (χ3n) is 2.75. The molecule has 1 N–H and O–H groups in total. The fourth-order valence-corrected chi connectivity index (χ4v) is 1.93. The molecular formula is C9H15NO3. The van der Waals surface area contributed by atoms with E-state index in [4.69, 9.17) is 4.74 Å². The zero-order valence-corrected chi connectivity index (χ0v) is 7.61. The summed E-state index contributed by atoms with van der Waals surface area (Å²) in [5.74, 6) is 0.208. The summed E-state index contributed by atoms with van der Waals surface area (Å²) in [7, 11) is 0. The van der Waals surface area contributed by atoms with Gasteiger partial charge in [-0.1, -0.05) is 0 Å². The van der Waals surface area contributed by atoms with Crippen molar-refractivity contribution in [2.75, 3.05) is 26.3 Å². The van der Waals surface area contributed by atoms with Crippen LogP contribution in [-0.4, -0.2) is 48.3 Å². The number of aliphatic hydroxyl groups excluding tert-OH is 1. The molecule has 4 heteroatoms. The number of carbonyl (C=O) groups is 1. The molecule has 1 unspecified atom stereocenters. The Morgan fingerprint density at radius 1 is 1.46 bits per heavy atom. The molecule has 2 fully saturated rings. The second kappa shape index (κ2) is 3.64. The van der Waals surface area contributed by atoms with E-state index in [2.05, 4.69) is 0 Å². The van der Waals surface area contributed by atoms with E-state index in [1.165, 1.54) is 0 Å². The minimum Gasteiger partial charge on any atom is -0.391 e. The second-order valence-electron chi connectivity index (χ2n) is 3.79. The van der Waals surface area contributed by atoms with Crippen LogP contribution in [0.3, 0.4) is 0 Å². The Hall–Kier alpha value is -0.610. The largest absolute Gasteiger partial charge is 0.391 e. The van der Waals surface area contributed by atoms with Crippen LogP contribution in [0.15, 0.2) is 0 Å². The number of ether oxygens (including phenoxy) is 1. The fourth-order valence-electron chi connectivity index (χ4n) is 1.93. The lowest BCUT2D eigenvalue weighted by Crippen LogP contribution is -2.35. The van der Waals surface area contributed by atoms with Crippen LogP contribution in [0.4, 0.5) is 0 Å². The van der Waals surface area contributed by atoms with Gasteiger partial charge in [-0.05, 0) is 12.8 Å². The third kappa shape index (κ3) is 1.84. The zero-order valence-electron chi connectivity index (χ0n) is 7.61. The maximum absolute atomic E-state index is 11.7. The van der Waals surface area contributed by atoms with E-state index in [1.807, 2.05) is 0 Å². The van der Waals surface area contributed by atoms with Crippen LogP contribution >= 0.6 is 0 Å². The zero-order chi connectivity index (χ0) is 9.26. The number of aliphatic hydroxyl groups is 1. The molecule has 2 aliphatic heterocycles. The first-order valence-corrected chi connectivity index (χ1v) is 4.82. The molecule has 0 spiro atoms. The smallest absolute Gasteiger partial charge is 0.228 e. The lowest BCUT2D eigenvalue weighted by atomic mass is 10.1. The van der Waals surface area contributed by atoms with Gasteiger partial charge >= 0.3 is 0 Å². The number of likely N-dealkylation sites (tertiary alicyclic amines) is 1. The molecule has 0 saturated carbocycles. The van der Waals surface area contributed by atoms with Crippen LogP contribution in [0.2, 0.25) is 0 Å². The summed E-state index contributed by atoms with van der Waals surface area (Å²) in [6.07, 6.45) is 1.25. The van der Waals surface area contributed by atoms with Gasteiger partial charge in [0.1, 0.15) is 0 Å². The minimum absolute atomic E-state index is 0.0466. The van der Waals surface area contributed by atoms with Crippen LogP contribution in [0.1, 0.15) is 12.8 Å². The monoisotopic (exact) mass is 185 g/mol. The van der Waals surface area contributed by atoms with E-state index in [0.717, 1.165) is 12.8 Å². The molecule has 0 aliphatic carbocycles. The predicted molar refractivity (Wildman–Crippen MR) is 46.1 cm³/mol. The van der Waals surface area contributed by atoms with Crippen molar-refractivity contribution in [1.29, 1.82) is 0 Å². The Kier molecular flexibility index (Phi) is 2.51. The standard InChI is InChI=1S/C9H15NO3/c11-8-1-3-10(5-8)9(12)7-2-4-13-6-7/h7-8,11H,1-6H2/t7?,8-/m1/s1. The molecule has 4 nitrogen and oxygen atoms in total. The van der Waals surface area contributed by atoms with Crippen molar-refractivity contribution in [2.24, 2.45) is 5.92 Å². The summed E-state index contributed by atoms with van der Waals surface area (Å²) >= 11 is 0. The topological polar surface area (TPSA) is 49.8 Å². The highest BCUT2D eigenvalue weighted by Gasteiger charge is 2.31. The maximum atomic E-state index is 11.7. The lowest BCUT2D eigenvalue weighted by Gasteiger charge is -2.18. The minimum atomic E-state index is -0.314. The molecule has 2 saturated heterocycles. The lowest BCUT2D eigenvalue weighted by molar-refractivity contribution is -0.134. The van der Waals surface area contributed by atoms with Crippen LogP contribution in [0.5, 0.6) is 0 Å². The van der Waals surface area contributed by atoms with E-state index in [0.29, 0.717) is 26.3 Å². The number of nitrogens with zero attached hydrogens (tertiary/aromatic N) is 1. The van der Waals surface area contributed by atoms with Crippen molar-refractivity contribution in [3.8, 4) is 0 Å². The molecule has 2 aliphatic rings. The van der Waals surface area contributed by atoms with Gasteiger partial charge < -0.3 is 14.7 Å². The van der Waals surface area contributed by atoms with Gasteiger partial charge in [-0.15, -0.1) is 0 Å². The third-order valence-corrected chi connectivity index (χ3v) is 2.75. The average molecular weight is 185 g/mol. The normalized spacial score (nSPS) is 34.1. The summed E-state index contributed by atoms with van der Waals surface area (Å²) in [6, 6.07) is 0. The average Bonchev–Trinajstić information content (AvgIpc) is 2.72. The van der Waals surface area contributed by atoms with Crippen molar-refractivity contribution in [1.82, 2.24) is 4.90 Å². The first-order chi connectivity index (χ1) is 6.27. The Morgan fingerprint density at radius 2 is 2.31 bits per heavy atom. The Bertz CT molecular complexity index is 201. The molecule has 2 rings (SSSR count). The van der Waals surface area contributed by atoms with Crippen molar-refractivity contribution in [3.63, 3.8) is 0 Å². The molecule has 1 amide bonds. The quantitative estimate of drug-likeness (QED) is 0.605. The summed E-state index contributed by atoms with van der Waals surface area (Å²) in [6.45, 7) is 2.48. The van der Waals surface area contributed by atoms with Gasteiger partial charge in [0.05, 0.1) is 18.6 Å². The van der Waals surface area contributed by atoms with E-state index < -0.39 is 0 Å². The second-order valence-corrected chi connectivity index (χ2v) is 3.79. The van der Waals surface area contributed by atoms with E-state index in [-0.39, 0.29) is 17.9 Å². The van der Waals surface area contributed by atoms with Crippen molar-refractivity contribution >= 4 is 5.91 Å². The molecule has 13 heavy (non-hydrogen) atoms. The summed E-state index contributed by atoms with van der Waals surface area (Å²) < 4.78 is 5.15. The highest BCUT2D eigenvalue weighted by molar-refractivity contribution is 5.79. The van der Waals surface area contributed by atoms with Gasteiger partial charge in [0.2, 0.25) is 5.91 Å². The van der Waals surface area contributed by atoms with Crippen LogP contribution in [-0.2, 0) is 9.53 Å². The van der Waals surface area contributed by atoms with Crippen LogP contribution < -0.4 is 0 Å². The Balaban J connectivity index is 1.89. The molecule has 2 atom stereocenters. The van der Waals surface area contributed by atoms with Gasteiger partial charge in [0.25, 0.3) is 0 Å². The number of β-amino-alcohol motifs (C(OH)–C–C–N with tert-alkyl or cyclic N) is 1. The molecule has 0 aromatic rings. The number of carbonyl (C=O) groups excluding carboxylic acids is 1. The first kappa shape index (κ1) is 8.97. The molecule has 0 bridgehead atoms. The van der Waals surface area contributed by atoms with Gasteiger partial charge in [-0.25, -0.2) is 0 Å². The van der Waals surface area contributed by atoms with Gasteiger partial charge in [-0.3, -0.25) is 4.79 Å². The van der Waals surface area contributed by atoms with E-state index in [1.54, 1.807) is 4.90 Å². The van der Waals surface area contributed by atoms with Crippen LogP contribution in [0.25, 0.3) is 0 Å². The van der Waals surface area contributed by atoms with Gasteiger partial charge in [0.15, 0.2) is 0 Å². The maximum Gasteiger partial charge on any atom is 0.228 e. The molecule has 0 aromatic heterocycles. The van der Waals surface area contributed by atoms with Gasteiger partial charge in [0, 0.05) is 19.7 Å².